The Balaban J connectivity index is 2.17. The fourth-order valence-electron chi connectivity index (χ4n) is 1.82. The fourth-order valence-corrected chi connectivity index (χ4v) is 2.45. The summed E-state index contributed by atoms with van der Waals surface area (Å²) in [6.07, 6.45) is 1.33. The van der Waals surface area contributed by atoms with Crippen molar-refractivity contribution in [3.05, 3.63) is 22.4 Å². The SMILES string of the molecule is O=C(O)C1CCCN1C(=O)c1ccsc1. The van der Waals surface area contributed by atoms with Crippen molar-refractivity contribution in [2.45, 2.75) is 18.9 Å². The van der Waals surface area contributed by atoms with E-state index in [0.29, 0.717) is 18.5 Å². The highest BCUT2D eigenvalue weighted by atomic mass is 32.1. The Morgan fingerprint density at radius 1 is 1.53 bits per heavy atom. The van der Waals surface area contributed by atoms with Crippen LogP contribution in [0.1, 0.15) is 23.2 Å². The summed E-state index contributed by atoms with van der Waals surface area (Å²) in [5.41, 5.74) is 0.591. The van der Waals surface area contributed by atoms with E-state index in [-0.39, 0.29) is 5.91 Å². The van der Waals surface area contributed by atoms with Crippen LogP contribution in [-0.2, 0) is 4.79 Å². The third-order valence-electron chi connectivity index (χ3n) is 2.57. The van der Waals surface area contributed by atoms with E-state index in [0.717, 1.165) is 6.42 Å². The molecule has 1 aromatic rings. The molecule has 0 radical (unpaired) electrons. The van der Waals surface area contributed by atoms with Gasteiger partial charge >= 0.3 is 5.97 Å². The molecule has 0 aliphatic carbocycles. The molecule has 1 aliphatic rings. The first kappa shape index (κ1) is 10.2. The van der Waals surface area contributed by atoms with Gasteiger partial charge in [0.15, 0.2) is 0 Å². The van der Waals surface area contributed by atoms with Crippen LogP contribution < -0.4 is 0 Å². The topological polar surface area (TPSA) is 57.6 Å². The zero-order chi connectivity index (χ0) is 10.8. The summed E-state index contributed by atoms with van der Waals surface area (Å²) in [5.74, 6) is -1.07. The van der Waals surface area contributed by atoms with E-state index in [1.54, 1.807) is 11.4 Å². The van der Waals surface area contributed by atoms with E-state index in [4.69, 9.17) is 5.11 Å². The molecule has 1 saturated heterocycles. The van der Waals surface area contributed by atoms with E-state index < -0.39 is 12.0 Å². The molecule has 80 valence electrons. The Kier molecular flexibility index (Phi) is 2.73. The first-order chi connectivity index (χ1) is 7.20. The van der Waals surface area contributed by atoms with Crippen LogP contribution >= 0.6 is 11.3 Å². The van der Waals surface area contributed by atoms with Crippen molar-refractivity contribution >= 4 is 23.2 Å². The molecular formula is C10H11NO3S. The zero-order valence-corrected chi connectivity index (χ0v) is 8.87. The van der Waals surface area contributed by atoms with Gasteiger partial charge in [-0.3, -0.25) is 4.79 Å². The highest BCUT2D eigenvalue weighted by Crippen LogP contribution is 2.21. The van der Waals surface area contributed by atoms with Gasteiger partial charge in [0.05, 0.1) is 5.56 Å². The van der Waals surface area contributed by atoms with Gasteiger partial charge in [0, 0.05) is 11.9 Å². The lowest BCUT2D eigenvalue weighted by Crippen LogP contribution is -2.40. The van der Waals surface area contributed by atoms with E-state index in [1.807, 2.05) is 5.38 Å². The number of carboxylic acid groups (broad SMARTS) is 1. The van der Waals surface area contributed by atoms with Crippen molar-refractivity contribution in [1.82, 2.24) is 4.90 Å². The quantitative estimate of drug-likeness (QED) is 0.828. The average molecular weight is 225 g/mol. The summed E-state index contributed by atoms with van der Waals surface area (Å²) >= 11 is 1.44. The second-order valence-corrected chi connectivity index (χ2v) is 4.29. The molecule has 1 fully saturated rings. The molecule has 1 unspecified atom stereocenters. The summed E-state index contributed by atoms with van der Waals surface area (Å²) in [6.45, 7) is 0.547. The fraction of sp³-hybridized carbons (Fsp3) is 0.400. The number of carbonyl (C=O) groups excluding carboxylic acids is 1. The van der Waals surface area contributed by atoms with Gasteiger partial charge in [0.25, 0.3) is 5.91 Å². The largest absolute Gasteiger partial charge is 0.480 e. The number of aliphatic carboxylic acids is 1. The zero-order valence-electron chi connectivity index (χ0n) is 8.05. The minimum Gasteiger partial charge on any atom is -0.480 e. The number of nitrogens with zero attached hydrogens (tertiary/aromatic N) is 1. The first-order valence-electron chi connectivity index (χ1n) is 4.76. The minimum atomic E-state index is -0.906. The van der Waals surface area contributed by atoms with Crippen LogP contribution in [0.15, 0.2) is 16.8 Å². The van der Waals surface area contributed by atoms with Crippen LogP contribution in [-0.4, -0.2) is 34.5 Å². The van der Waals surface area contributed by atoms with Crippen molar-refractivity contribution in [2.24, 2.45) is 0 Å². The van der Waals surface area contributed by atoms with Crippen LogP contribution in [0.2, 0.25) is 0 Å². The van der Waals surface area contributed by atoms with E-state index >= 15 is 0 Å². The third kappa shape index (κ3) is 1.87. The van der Waals surface area contributed by atoms with Crippen molar-refractivity contribution in [2.75, 3.05) is 6.54 Å². The lowest BCUT2D eigenvalue weighted by Gasteiger charge is -2.20. The molecule has 15 heavy (non-hydrogen) atoms. The van der Waals surface area contributed by atoms with Gasteiger partial charge in [-0.2, -0.15) is 11.3 Å². The van der Waals surface area contributed by atoms with Crippen LogP contribution in [0, 0.1) is 0 Å². The summed E-state index contributed by atoms with van der Waals surface area (Å²) in [7, 11) is 0. The number of amides is 1. The van der Waals surface area contributed by atoms with Crippen LogP contribution in [0.25, 0.3) is 0 Å². The molecule has 2 heterocycles. The second-order valence-electron chi connectivity index (χ2n) is 3.51. The molecule has 0 saturated carbocycles. The summed E-state index contributed by atoms with van der Waals surface area (Å²) in [6, 6.07) is 1.09. The molecule has 5 heteroatoms. The molecule has 0 bridgehead atoms. The van der Waals surface area contributed by atoms with E-state index in [1.165, 1.54) is 16.2 Å². The lowest BCUT2D eigenvalue weighted by atomic mass is 10.2. The molecule has 1 atom stereocenters. The predicted molar refractivity (Wildman–Crippen MR) is 56.0 cm³/mol. The van der Waals surface area contributed by atoms with E-state index in [2.05, 4.69) is 0 Å². The first-order valence-corrected chi connectivity index (χ1v) is 5.70. The molecule has 0 aromatic carbocycles. The van der Waals surface area contributed by atoms with Gasteiger partial charge in [-0.25, -0.2) is 4.79 Å². The van der Waals surface area contributed by atoms with Crippen molar-refractivity contribution in [3.8, 4) is 0 Å². The highest BCUT2D eigenvalue weighted by Gasteiger charge is 2.34. The van der Waals surface area contributed by atoms with E-state index in [9.17, 15) is 9.59 Å². The Hall–Kier alpha value is -1.36. The number of carboxylic acids is 1. The highest BCUT2D eigenvalue weighted by molar-refractivity contribution is 7.08. The van der Waals surface area contributed by atoms with Crippen molar-refractivity contribution in [1.29, 1.82) is 0 Å². The van der Waals surface area contributed by atoms with Crippen molar-refractivity contribution < 1.29 is 14.7 Å². The van der Waals surface area contributed by atoms with Crippen molar-refractivity contribution in [3.63, 3.8) is 0 Å². The molecular weight excluding hydrogens is 214 g/mol. The smallest absolute Gasteiger partial charge is 0.326 e. The normalized spacial score (nSPS) is 20.5. The maximum absolute atomic E-state index is 11.9. The molecule has 1 aliphatic heterocycles. The standard InChI is InChI=1S/C10H11NO3S/c12-9(7-3-5-15-6-7)11-4-1-2-8(11)10(13)14/h3,5-6,8H,1-2,4H2,(H,13,14). The maximum Gasteiger partial charge on any atom is 0.326 e. The monoisotopic (exact) mass is 225 g/mol. The summed E-state index contributed by atoms with van der Waals surface area (Å²) < 4.78 is 0. The third-order valence-corrected chi connectivity index (χ3v) is 3.25. The lowest BCUT2D eigenvalue weighted by molar-refractivity contribution is -0.141. The Bertz CT molecular complexity index is 374. The average Bonchev–Trinajstić information content (AvgIpc) is 2.88. The van der Waals surface area contributed by atoms with Gasteiger partial charge < -0.3 is 10.0 Å². The Morgan fingerprint density at radius 3 is 2.93 bits per heavy atom. The number of likely N-dealkylation sites (tertiary alicyclic amines) is 1. The van der Waals surface area contributed by atoms with Crippen LogP contribution in [0.5, 0.6) is 0 Å². The second kappa shape index (κ2) is 4.02. The Labute approximate surface area is 91.1 Å². The predicted octanol–water partition coefficient (Wildman–Crippen LogP) is 1.44. The summed E-state index contributed by atoms with van der Waals surface area (Å²) in [5, 5.41) is 12.5. The Morgan fingerprint density at radius 2 is 2.33 bits per heavy atom. The molecule has 1 N–H and O–H groups in total. The molecule has 1 aromatic heterocycles. The number of hydrogen-bond donors (Lipinski definition) is 1. The minimum absolute atomic E-state index is 0.166. The van der Waals surface area contributed by atoms with Gasteiger partial charge in [0.2, 0.25) is 0 Å². The maximum atomic E-state index is 11.9. The van der Waals surface area contributed by atoms with Gasteiger partial charge in [-0.15, -0.1) is 0 Å². The number of hydrogen-bond acceptors (Lipinski definition) is 3. The number of rotatable bonds is 2. The van der Waals surface area contributed by atoms with Gasteiger partial charge in [-0.05, 0) is 24.3 Å². The molecule has 2 rings (SSSR count). The molecule has 0 spiro atoms. The molecule has 1 amide bonds. The summed E-state index contributed by atoms with van der Waals surface area (Å²) in [4.78, 5) is 24.2. The van der Waals surface area contributed by atoms with Crippen LogP contribution in [0.4, 0.5) is 0 Å². The number of thiophene rings is 1. The van der Waals surface area contributed by atoms with Crippen LogP contribution in [0.3, 0.4) is 0 Å². The molecule has 4 nitrogen and oxygen atoms in total. The van der Waals surface area contributed by atoms with Gasteiger partial charge in [-0.1, -0.05) is 0 Å². The van der Waals surface area contributed by atoms with Gasteiger partial charge in [0.1, 0.15) is 6.04 Å². The number of carbonyl (C=O) groups is 2.